The Balaban J connectivity index is 2.45. The molecule has 0 unspecified atom stereocenters. The van der Waals surface area contributed by atoms with Gasteiger partial charge in [-0.05, 0) is 18.6 Å². The number of carboxylic acid groups (broad SMARTS) is 1. The second-order valence-corrected chi connectivity index (χ2v) is 4.64. The zero-order valence-corrected chi connectivity index (χ0v) is 10.6. The number of hydrogen-bond donors (Lipinski definition) is 1. The molecule has 0 aliphatic heterocycles. The van der Waals surface area contributed by atoms with Gasteiger partial charge in [0.05, 0.1) is 5.75 Å². The Kier molecular flexibility index (Phi) is 3.79. The van der Waals surface area contributed by atoms with Crippen molar-refractivity contribution in [3.05, 3.63) is 35.7 Å². The summed E-state index contributed by atoms with van der Waals surface area (Å²) in [7, 11) is 0. The quantitative estimate of drug-likeness (QED) is 0.871. The van der Waals surface area contributed by atoms with Crippen molar-refractivity contribution in [2.45, 2.75) is 12.1 Å². The summed E-state index contributed by atoms with van der Waals surface area (Å²) in [5.74, 6) is -2.81. The summed E-state index contributed by atoms with van der Waals surface area (Å²) < 4.78 is 28.8. The summed E-state index contributed by atoms with van der Waals surface area (Å²) in [5, 5.41) is 15.9. The van der Waals surface area contributed by atoms with E-state index in [1.807, 2.05) is 0 Å². The van der Waals surface area contributed by atoms with Gasteiger partial charge in [0.1, 0.15) is 17.8 Å². The van der Waals surface area contributed by atoms with Gasteiger partial charge in [0.2, 0.25) is 0 Å². The van der Waals surface area contributed by atoms with Crippen molar-refractivity contribution >= 4 is 17.7 Å². The average Bonchev–Trinajstić information content (AvgIpc) is 2.80. The Morgan fingerprint density at radius 2 is 2.21 bits per heavy atom. The maximum atomic E-state index is 14.0. The molecule has 2 rings (SSSR count). The number of aliphatic carboxylic acids is 1. The van der Waals surface area contributed by atoms with E-state index in [4.69, 9.17) is 5.11 Å². The van der Waals surface area contributed by atoms with Crippen molar-refractivity contribution in [2.24, 2.45) is 0 Å². The Morgan fingerprint density at radius 3 is 2.89 bits per heavy atom. The lowest BCUT2D eigenvalue weighted by molar-refractivity contribution is -0.133. The van der Waals surface area contributed by atoms with E-state index in [-0.39, 0.29) is 22.2 Å². The van der Waals surface area contributed by atoms with Crippen LogP contribution in [0.5, 0.6) is 0 Å². The summed E-state index contributed by atoms with van der Waals surface area (Å²) in [5.41, 5.74) is -0.0304. The highest BCUT2D eigenvalue weighted by Crippen LogP contribution is 2.25. The molecule has 0 saturated heterocycles. The van der Waals surface area contributed by atoms with Crippen LogP contribution in [0.1, 0.15) is 5.56 Å². The number of hydrogen-bond acceptors (Lipinski definition) is 4. The molecule has 0 aliphatic rings. The van der Waals surface area contributed by atoms with E-state index in [1.165, 1.54) is 13.0 Å². The van der Waals surface area contributed by atoms with Crippen molar-refractivity contribution in [3.8, 4) is 5.69 Å². The van der Waals surface area contributed by atoms with Crippen molar-refractivity contribution in [2.75, 3.05) is 5.75 Å². The smallest absolute Gasteiger partial charge is 0.313 e. The van der Waals surface area contributed by atoms with Gasteiger partial charge in [-0.1, -0.05) is 17.8 Å². The molecule has 0 atom stereocenters. The van der Waals surface area contributed by atoms with Crippen LogP contribution in [-0.4, -0.2) is 31.6 Å². The summed E-state index contributed by atoms with van der Waals surface area (Å²) in [6.07, 6.45) is 1.14. The Bertz CT molecular complexity index is 630. The minimum absolute atomic E-state index is 0.116. The number of thioether (sulfide) groups is 1. The van der Waals surface area contributed by atoms with Crippen molar-refractivity contribution < 1.29 is 18.7 Å². The molecule has 0 spiro atoms. The number of aromatic nitrogens is 3. The van der Waals surface area contributed by atoms with E-state index in [0.29, 0.717) is 0 Å². The molecule has 100 valence electrons. The highest BCUT2D eigenvalue weighted by Gasteiger charge is 2.18. The number of rotatable bonds is 4. The van der Waals surface area contributed by atoms with Crippen LogP contribution in [0.15, 0.2) is 23.6 Å². The van der Waals surface area contributed by atoms with E-state index in [9.17, 15) is 13.6 Å². The van der Waals surface area contributed by atoms with Crippen LogP contribution in [0, 0.1) is 18.6 Å². The van der Waals surface area contributed by atoms with E-state index in [0.717, 1.165) is 28.7 Å². The van der Waals surface area contributed by atoms with E-state index in [1.54, 1.807) is 0 Å². The molecule has 0 amide bonds. The third-order valence-corrected chi connectivity index (χ3v) is 3.27. The summed E-state index contributed by atoms with van der Waals surface area (Å²) in [6, 6.07) is 2.46. The van der Waals surface area contributed by atoms with Gasteiger partial charge in [0.15, 0.2) is 11.0 Å². The van der Waals surface area contributed by atoms with Gasteiger partial charge in [-0.15, -0.1) is 10.2 Å². The first-order valence-electron chi connectivity index (χ1n) is 5.20. The second kappa shape index (κ2) is 5.35. The molecule has 0 bridgehead atoms. The zero-order valence-electron chi connectivity index (χ0n) is 9.80. The predicted octanol–water partition coefficient (Wildman–Crippen LogP) is 2.03. The Labute approximate surface area is 111 Å². The summed E-state index contributed by atoms with van der Waals surface area (Å²) in [4.78, 5) is 10.5. The molecule has 0 aliphatic carbocycles. The number of halogens is 2. The molecule has 5 nitrogen and oxygen atoms in total. The standard InChI is InChI=1S/C11H9F2N3O2S/c1-6-2-3-7(12)10(9(6)13)16-5-14-15-11(16)19-4-8(17)18/h2-3,5H,4H2,1H3,(H,17,18). The zero-order chi connectivity index (χ0) is 14.0. The predicted molar refractivity (Wildman–Crippen MR) is 64.4 cm³/mol. The maximum absolute atomic E-state index is 14.0. The Morgan fingerprint density at radius 1 is 1.47 bits per heavy atom. The average molecular weight is 285 g/mol. The van der Waals surface area contributed by atoms with Crippen LogP contribution < -0.4 is 0 Å². The summed E-state index contributed by atoms with van der Waals surface area (Å²) >= 11 is 0.836. The van der Waals surface area contributed by atoms with Gasteiger partial charge in [-0.3, -0.25) is 9.36 Å². The monoisotopic (exact) mass is 285 g/mol. The fraction of sp³-hybridized carbons (Fsp3) is 0.182. The maximum Gasteiger partial charge on any atom is 0.313 e. The SMILES string of the molecule is Cc1ccc(F)c(-n2cnnc2SCC(=O)O)c1F. The number of carboxylic acids is 1. The molecule has 2 aromatic rings. The first kappa shape index (κ1) is 13.5. The lowest BCUT2D eigenvalue weighted by Gasteiger charge is -2.09. The lowest BCUT2D eigenvalue weighted by atomic mass is 10.2. The van der Waals surface area contributed by atoms with Crippen LogP contribution in [0.3, 0.4) is 0 Å². The molecule has 1 aromatic heterocycles. The number of nitrogens with zero attached hydrogens (tertiary/aromatic N) is 3. The highest BCUT2D eigenvalue weighted by molar-refractivity contribution is 7.99. The number of aryl methyl sites for hydroxylation is 1. The summed E-state index contributed by atoms with van der Waals surface area (Å²) in [6.45, 7) is 1.51. The van der Waals surface area contributed by atoms with Gasteiger partial charge in [0.25, 0.3) is 0 Å². The number of carbonyl (C=O) groups is 1. The molecule has 1 aromatic carbocycles. The van der Waals surface area contributed by atoms with E-state index < -0.39 is 17.6 Å². The molecular weight excluding hydrogens is 276 g/mol. The molecule has 0 saturated carbocycles. The first-order chi connectivity index (χ1) is 9.00. The van der Waals surface area contributed by atoms with E-state index >= 15 is 0 Å². The van der Waals surface area contributed by atoms with Gasteiger partial charge < -0.3 is 5.11 Å². The normalized spacial score (nSPS) is 10.7. The largest absolute Gasteiger partial charge is 0.481 e. The molecule has 0 fully saturated rings. The molecule has 8 heteroatoms. The van der Waals surface area contributed by atoms with Crippen molar-refractivity contribution in [1.29, 1.82) is 0 Å². The van der Waals surface area contributed by atoms with Crippen molar-refractivity contribution in [3.63, 3.8) is 0 Å². The third kappa shape index (κ3) is 2.73. The second-order valence-electron chi connectivity index (χ2n) is 3.69. The molecular formula is C11H9F2N3O2S. The minimum Gasteiger partial charge on any atom is -0.481 e. The third-order valence-electron chi connectivity index (χ3n) is 2.34. The van der Waals surface area contributed by atoms with Crippen LogP contribution in [0.4, 0.5) is 8.78 Å². The molecule has 1 N–H and O–H groups in total. The van der Waals surface area contributed by atoms with Gasteiger partial charge in [-0.25, -0.2) is 8.78 Å². The van der Waals surface area contributed by atoms with Crippen molar-refractivity contribution in [1.82, 2.24) is 14.8 Å². The fourth-order valence-corrected chi connectivity index (χ4v) is 2.10. The van der Waals surface area contributed by atoms with Crippen LogP contribution >= 0.6 is 11.8 Å². The fourth-order valence-electron chi connectivity index (χ4n) is 1.47. The molecule has 19 heavy (non-hydrogen) atoms. The highest BCUT2D eigenvalue weighted by atomic mass is 32.2. The van der Waals surface area contributed by atoms with Gasteiger partial charge >= 0.3 is 5.97 Å². The lowest BCUT2D eigenvalue weighted by Crippen LogP contribution is -2.05. The molecule has 0 radical (unpaired) electrons. The van der Waals surface area contributed by atoms with E-state index in [2.05, 4.69) is 10.2 Å². The number of benzene rings is 1. The minimum atomic E-state index is -1.05. The van der Waals surface area contributed by atoms with Crippen LogP contribution in [0.2, 0.25) is 0 Å². The Hall–Kier alpha value is -1.96. The molecule has 1 heterocycles. The van der Waals surface area contributed by atoms with Gasteiger partial charge in [-0.2, -0.15) is 0 Å². The van der Waals surface area contributed by atoms with Gasteiger partial charge in [0, 0.05) is 0 Å². The van der Waals surface area contributed by atoms with Crippen LogP contribution in [0.25, 0.3) is 5.69 Å². The van der Waals surface area contributed by atoms with Crippen LogP contribution in [-0.2, 0) is 4.79 Å². The first-order valence-corrected chi connectivity index (χ1v) is 6.19. The topological polar surface area (TPSA) is 68.0 Å².